The fourth-order valence-electron chi connectivity index (χ4n) is 3.76. The number of fused-ring (bicyclic) bond motifs is 1. The summed E-state index contributed by atoms with van der Waals surface area (Å²) in [5, 5.41) is -0.308. The molecular weight excluding hydrogens is 440 g/mol. The molecule has 0 bridgehead atoms. The molecule has 1 amide bonds. The molecule has 2 aliphatic rings. The van der Waals surface area contributed by atoms with Crippen LogP contribution in [0.15, 0.2) is 84.1 Å². The van der Waals surface area contributed by atoms with Gasteiger partial charge in [0.1, 0.15) is 23.7 Å². The molecule has 1 fully saturated rings. The van der Waals surface area contributed by atoms with Crippen molar-refractivity contribution in [1.29, 1.82) is 0 Å². The Kier molecular flexibility index (Phi) is 6.96. The van der Waals surface area contributed by atoms with Crippen LogP contribution in [0.1, 0.15) is 24.2 Å². The first-order valence-corrected chi connectivity index (χ1v) is 11.6. The van der Waals surface area contributed by atoms with Crippen LogP contribution in [0, 0.1) is 0 Å². The number of carbonyl (C=O) groups excluding carboxylic acids is 3. The number of hydrogen-bond donors (Lipinski definition) is 1. The van der Waals surface area contributed by atoms with Crippen molar-refractivity contribution in [2.24, 2.45) is 5.73 Å². The standard InChI is InChI=1S/C25H24N2O5S/c1-16(28)31-14-8-13-19-15-33-24-20(26)23(29)27(24)21(19)25(30)32-22(17-9-4-2-5-10-17)18-11-6-3-7-12-18/h2-13,20,22,24H,14-15,26H2,1H3/b13-8-/t20?,24-/m1/s1. The summed E-state index contributed by atoms with van der Waals surface area (Å²) in [6.45, 7) is 1.39. The predicted molar refractivity (Wildman–Crippen MR) is 125 cm³/mol. The zero-order chi connectivity index (χ0) is 23.4. The number of carbonyl (C=O) groups is 3. The molecule has 2 aromatic carbocycles. The van der Waals surface area contributed by atoms with Gasteiger partial charge in [0, 0.05) is 12.7 Å². The van der Waals surface area contributed by atoms with Gasteiger partial charge in [-0.1, -0.05) is 66.7 Å². The minimum Gasteiger partial charge on any atom is -0.462 e. The smallest absolute Gasteiger partial charge is 0.356 e. The van der Waals surface area contributed by atoms with Crippen molar-refractivity contribution >= 4 is 29.6 Å². The van der Waals surface area contributed by atoms with Crippen molar-refractivity contribution in [2.45, 2.75) is 24.4 Å². The number of nitrogens with zero attached hydrogens (tertiary/aromatic N) is 1. The molecule has 7 nitrogen and oxygen atoms in total. The monoisotopic (exact) mass is 464 g/mol. The highest BCUT2D eigenvalue weighted by molar-refractivity contribution is 8.00. The highest BCUT2D eigenvalue weighted by atomic mass is 32.2. The zero-order valence-electron chi connectivity index (χ0n) is 18.0. The molecule has 1 saturated heterocycles. The van der Waals surface area contributed by atoms with E-state index in [1.807, 2.05) is 60.7 Å². The first-order valence-electron chi connectivity index (χ1n) is 10.5. The summed E-state index contributed by atoms with van der Waals surface area (Å²) in [5.74, 6) is -0.847. The van der Waals surface area contributed by atoms with Crippen LogP contribution in [-0.2, 0) is 23.9 Å². The highest BCUT2D eigenvalue weighted by Crippen LogP contribution is 2.41. The number of allylic oxidation sites excluding steroid dienone is 1. The molecule has 2 atom stereocenters. The Hall–Kier alpha value is -3.36. The van der Waals surface area contributed by atoms with Crippen LogP contribution in [0.2, 0.25) is 0 Å². The minimum absolute atomic E-state index is 0.0688. The molecule has 8 heteroatoms. The van der Waals surface area contributed by atoms with Crippen molar-refractivity contribution in [2.75, 3.05) is 12.4 Å². The summed E-state index contributed by atoms with van der Waals surface area (Å²) >= 11 is 1.49. The van der Waals surface area contributed by atoms with Crippen LogP contribution in [0.4, 0.5) is 0 Å². The topological polar surface area (TPSA) is 98.9 Å². The van der Waals surface area contributed by atoms with Crippen molar-refractivity contribution in [3.63, 3.8) is 0 Å². The van der Waals surface area contributed by atoms with Gasteiger partial charge in [0.15, 0.2) is 6.10 Å². The second kappa shape index (κ2) is 10.1. The zero-order valence-corrected chi connectivity index (χ0v) is 18.9. The second-order valence-electron chi connectivity index (χ2n) is 7.62. The van der Waals surface area contributed by atoms with Gasteiger partial charge in [0.2, 0.25) is 5.91 Å². The van der Waals surface area contributed by atoms with E-state index in [2.05, 4.69) is 0 Å². The Morgan fingerprint density at radius 1 is 1.12 bits per heavy atom. The van der Waals surface area contributed by atoms with Gasteiger partial charge >= 0.3 is 11.9 Å². The number of nitrogens with two attached hydrogens (primary N) is 1. The van der Waals surface area contributed by atoms with E-state index in [1.54, 1.807) is 12.2 Å². The first-order chi connectivity index (χ1) is 16.0. The molecule has 0 radical (unpaired) electrons. The molecule has 4 rings (SSSR count). The molecule has 0 aromatic heterocycles. The summed E-state index contributed by atoms with van der Waals surface area (Å²) in [4.78, 5) is 38.5. The first kappa shape index (κ1) is 22.8. The Bertz CT molecular complexity index is 1060. The molecule has 33 heavy (non-hydrogen) atoms. The van der Waals surface area contributed by atoms with E-state index in [1.165, 1.54) is 23.6 Å². The number of ether oxygens (including phenoxy) is 2. The third kappa shape index (κ3) is 4.86. The Morgan fingerprint density at radius 2 is 1.73 bits per heavy atom. The van der Waals surface area contributed by atoms with Crippen molar-refractivity contribution in [3.8, 4) is 0 Å². The van der Waals surface area contributed by atoms with E-state index in [0.717, 1.165) is 11.1 Å². The van der Waals surface area contributed by atoms with Gasteiger partial charge in [0.05, 0.1) is 0 Å². The Balaban J connectivity index is 1.66. The predicted octanol–water partition coefficient (Wildman–Crippen LogP) is 2.94. The SMILES string of the molecule is CC(=O)OC/C=C\C1=C(C(=O)OC(c2ccccc2)c2ccccc2)N2C(=O)C(N)[C@H]2SC1. The molecule has 1 unspecified atom stereocenters. The second-order valence-corrected chi connectivity index (χ2v) is 8.73. The molecule has 2 aromatic rings. The van der Waals surface area contributed by atoms with E-state index in [-0.39, 0.29) is 23.6 Å². The van der Waals surface area contributed by atoms with Crippen molar-refractivity contribution < 1.29 is 23.9 Å². The van der Waals surface area contributed by atoms with E-state index >= 15 is 0 Å². The van der Waals surface area contributed by atoms with Crippen molar-refractivity contribution in [3.05, 3.63) is 95.2 Å². The average molecular weight is 465 g/mol. The number of benzene rings is 2. The van der Waals surface area contributed by atoms with Gasteiger partial charge in [-0.25, -0.2) is 4.79 Å². The lowest BCUT2D eigenvalue weighted by molar-refractivity contribution is -0.153. The van der Waals surface area contributed by atoms with E-state index < -0.39 is 24.1 Å². The fraction of sp³-hybridized carbons (Fsp3) is 0.240. The largest absolute Gasteiger partial charge is 0.462 e. The maximum atomic E-state index is 13.5. The summed E-state index contributed by atoms with van der Waals surface area (Å²) in [6, 6.07) is 18.2. The average Bonchev–Trinajstić information content (AvgIpc) is 2.85. The molecule has 2 aliphatic heterocycles. The van der Waals surface area contributed by atoms with E-state index in [0.29, 0.717) is 11.3 Å². The molecule has 2 N–H and O–H groups in total. The lowest BCUT2D eigenvalue weighted by Gasteiger charge is -2.48. The van der Waals surface area contributed by atoms with Gasteiger partial charge < -0.3 is 15.2 Å². The number of thioether (sulfide) groups is 1. The number of esters is 2. The van der Waals surface area contributed by atoms with Gasteiger partial charge in [0.25, 0.3) is 0 Å². The van der Waals surface area contributed by atoms with Crippen LogP contribution < -0.4 is 5.73 Å². The third-order valence-electron chi connectivity index (χ3n) is 5.36. The quantitative estimate of drug-likeness (QED) is 0.497. The summed E-state index contributed by atoms with van der Waals surface area (Å²) in [7, 11) is 0. The highest BCUT2D eigenvalue weighted by Gasteiger charge is 2.52. The maximum Gasteiger partial charge on any atom is 0.356 e. The van der Waals surface area contributed by atoms with Gasteiger partial charge in [-0.3, -0.25) is 14.5 Å². The molecule has 2 heterocycles. The summed E-state index contributed by atoms with van der Waals surface area (Å²) in [6.07, 6.45) is 2.69. The van der Waals surface area contributed by atoms with Crippen LogP contribution in [0.5, 0.6) is 0 Å². The van der Waals surface area contributed by atoms with Gasteiger partial charge in [-0.05, 0) is 22.8 Å². The van der Waals surface area contributed by atoms with Crippen LogP contribution >= 0.6 is 11.8 Å². The Labute approximate surface area is 196 Å². The minimum atomic E-state index is -0.650. The van der Waals surface area contributed by atoms with E-state index in [9.17, 15) is 14.4 Å². The van der Waals surface area contributed by atoms with Crippen LogP contribution in [0.3, 0.4) is 0 Å². The van der Waals surface area contributed by atoms with Gasteiger partial charge in [-0.2, -0.15) is 0 Å². The molecule has 0 aliphatic carbocycles. The number of β-lactam (4-membered cyclic amide) rings is 1. The number of amides is 1. The Morgan fingerprint density at radius 3 is 2.30 bits per heavy atom. The summed E-state index contributed by atoms with van der Waals surface area (Å²) in [5.41, 5.74) is 8.40. The maximum absolute atomic E-state index is 13.5. The molecule has 170 valence electrons. The van der Waals surface area contributed by atoms with E-state index in [4.69, 9.17) is 15.2 Å². The van der Waals surface area contributed by atoms with Crippen molar-refractivity contribution in [1.82, 2.24) is 4.90 Å². The number of hydrogen-bond acceptors (Lipinski definition) is 7. The normalized spacial score (nSPS) is 20.0. The fourth-order valence-corrected chi connectivity index (χ4v) is 5.03. The molecular formula is C25H24N2O5S. The third-order valence-corrected chi connectivity index (χ3v) is 6.69. The van der Waals surface area contributed by atoms with Crippen LogP contribution in [0.25, 0.3) is 0 Å². The molecule has 0 saturated carbocycles. The van der Waals surface area contributed by atoms with Crippen LogP contribution in [-0.4, -0.2) is 46.5 Å². The molecule has 0 spiro atoms. The number of rotatable bonds is 7. The van der Waals surface area contributed by atoms with Gasteiger partial charge in [-0.15, -0.1) is 11.8 Å². The lowest BCUT2D eigenvalue weighted by Crippen LogP contribution is -2.68. The lowest BCUT2D eigenvalue weighted by atomic mass is 10.0. The summed E-state index contributed by atoms with van der Waals surface area (Å²) < 4.78 is 11.0.